The summed E-state index contributed by atoms with van der Waals surface area (Å²) in [5, 5.41) is 0. The highest BCUT2D eigenvalue weighted by Crippen LogP contribution is 2.17. The van der Waals surface area contributed by atoms with Gasteiger partial charge in [0.15, 0.2) is 0 Å². The van der Waals surface area contributed by atoms with Crippen molar-refractivity contribution in [2.24, 2.45) is 5.41 Å². The first-order valence-electron chi connectivity index (χ1n) is 3.74. The van der Waals surface area contributed by atoms with E-state index in [-0.39, 0.29) is 11.1 Å². The number of rotatable bonds is 1. The molecule has 0 bridgehead atoms. The molecule has 1 aromatic heterocycles. The van der Waals surface area contributed by atoms with E-state index >= 15 is 0 Å². The van der Waals surface area contributed by atoms with E-state index in [1.54, 1.807) is 6.20 Å². The standard InChI is InChI=1S/C8H14N2O/c1-8(2,3)4-6-5-9-7(11)10-6/h5H,4H2,1-3H3,(H2,9,10,11). The van der Waals surface area contributed by atoms with Crippen LogP contribution in [-0.2, 0) is 6.42 Å². The molecule has 0 saturated heterocycles. The van der Waals surface area contributed by atoms with Crippen molar-refractivity contribution in [1.82, 2.24) is 9.97 Å². The van der Waals surface area contributed by atoms with Gasteiger partial charge in [0, 0.05) is 11.9 Å². The second-order valence-electron chi connectivity index (χ2n) is 4.01. The summed E-state index contributed by atoms with van der Waals surface area (Å²) in [4.78, 5) is 16.0. The number of imidazole rings is 1. The van der Waals surface area contributed by atoms with E-state index in [1.807, 2.05) is 0 Å². The van der Waals surface area contributed by atoms with Crippen LogP contribution in [0.4, 0.5) is 0 Å². The minimum atomic E-state index is -0.121. The van der Waals surface area contributed by atoms with Gasteiger partial charge < -0.3 is 9.97 Å². The Morgan fingerprint density at radius 2 is 2.09 bits per heavy atom. The minimum absolute atomic E-state index is 0.121. The summed E-state index contributed by atoms with van der Waals surface area (Å²) in [6, 6.07) is 0. The molecule has 0 spiro atoms. The zero-order chi connectivity index (χ0) is 8.48. The fraction of sp³-hybridized carbons (Fsp3) is 0.625. The molecule has 0 fully saturated rings. The van der Waals surface area contributed by atoms with Gasteiger partial charge in [-0.3, -0.25) is 0 Å². The number of hydrogen-bond acceptors (Lipinski definition) is 1. The van der Waals surface area contributed by atoms with Crippen LogP contribution in [0.25, 0.3) is 0 Å². The van der Waals surface area contributed by atoms with E-state index in [0.717, 1.165) is 12.1 Å². The Labute approximate surface area is 65.8 Å². The van der Waals surface area contributed by atoms with Crippen LogP contribution < -0.4 is 5.69 Å². The lowest BCUT2D eigenvalue weighted by molar-refractivity contribution is 0.407. The molecule has 0 aliphatic carbocycles. The van der Waals surface area contributed by atoms with Crippen LogP contribution in [0.15, 0.2) is 11.0 Å². The van der Waals surface area contributed by atoms with Crippen LogP contribution in [0.3, 0.4) is 0 Å². The third kappa shape index (κ3) is 2.62. The maximum absolute atomic E-state index is 10.7. The van der Waals surface area contributed by atoms with Gasteiger partial charge in [-0.1, -0.05) is 20.8 Å². The number of nitrogens with one attached hydrogen (secondary N) is 2. The first-order valence-corrected chi connectivity index (χ1v) is 3.74. The largest absolute Gasteiger partial charge is 0.323 e. The molecule has 0 aromatic carbocycles. The highest BCUT2D eigenvalue weighted by molar-refractivity contribution is 4.97. The molecule has 1 rings (SSSR count). The van der Waals surface area contributed by atoms with Crippen LogP contribution >= 0.6 is 0 Å². The third-order valence-electron chi connectivity index (χ3n) is 1.37. The molecular weight excluding hydrogens is 140 g/mol. The van der Waals surface area contributed by atoms with Crippen LogP contribution in [-0.4, -0.2) is 9.97 Å². The van der Waals surface area contributed by atoms with E-state index in [4.69, 9.17) is 0 Å². The van der Waals surface area contributed by atoms with Crippen LogP contribution in [0.2, 0.25) is 0 Å². The molecule has 3 heteroatoms. The lowest BCUT2D eigenvalue weighted by atomic mass is 9.91. The maximum atomic E-state index is 10.7. The first-order chi connectivity index (χ1) is 4.97. The fourth-order valence-electron chi connectivity index (χ4n) is 1.04. The molecule has 0 atom stereocenters. The Morgan fingerprint density at radius 1 is 1.45 bits per heavy atom. The number of aromatic amines is 2. The van der Waals surface area contributed by atoms with Crippen LogP contribution in [0, 0.1) is 5.41 Å². The molecule has 0 aliphatic heterocycles. The fourth-order valence-corrected chi connectivity index (χ4v) is 1.04. The molecule has 0 amide bonds. The van der Waals surface area contributed by atoms with Gasteiger partial charge in [0.25, 0.3) is 0 Å². The van der Waals surface area contributed by atoms with Gasteiger partial charge in [-0.2, -0.15) is 0 Å². The summed E-state index contributed by atoms with van der Waals surface area (Å²) >= 11 is 0. The van der Waals surface area contributed by atoms with Gasteiger partial charge in [0.05, 0.1) is 0 Å². The Bertz CT molecular complexity index is 277. The molecule has 11 heavy (non-hydrogen) atoms. The monoisotopic (exact) mass is 154 g/mol. The molecule has 1 aromatic rings. The Hall–Kier alpha value is -0.990. The summed E-state index contributed by atoms with van der Waals surface area (Å²) in [5.41, 5.74) is 1.08. The lowest BCUT2D eigenvalue weighted by Gasteiger charge is -2.15. The van der Waals surface area contributed by atoms with Gasteiger partial charge in [-0.05, 0) is 11.8 Å². The van der Waals surface area contributed by atoms with E-state index < -0.39 is 0 Å². The third-order valence-corrected chi connectivity index (χ3v) is 1.37. The molecule has 0 radical (unpaired) electrons. The minimum Gasteiger partial charge on any atom is -0.313 e. The maximum Gasteiger partial charge on any atom is 0.323 e. The summed E-state index contributed by atoms with van der Waals surface area (Å²) in [6.45, 7) is 6.41. The SMILES string of the molecule is CC(C)(C)Cc1c[nH]c(=O)[nH]1. The van der Waals surface area contributed by atoms with Crippen LogP contribution in [0.5, 0.6) is 0 Å². The molecule has 0 aliphatic rings. The molecule has 0 saturated carbocycles. The smallest absolute Gasteiger partial charge is 0.313 e. The average Bonchev–Trinajstić information content (AvgIpc) is 2.10. The van der Waals surface area contributed by atoms with Crippen molar-refractivity contribution in [3.8, 4) is 0 Å². The molecule has 0 unspecified atom stereocenters. The van der Waals surface area contributed by atoms with Gasteiger partial charge in [0.1, 0.15) is 0 Å². The second kappa shape index (κ2) is 2.57. The zero-order valence-corrected chi connectivity index (χ0v) is 7.19. The van der Waals surface area contributed by atoms with Crippen molar-refractivity contribution in [1.29, 1.82) is 0 Å². The van der Waals surface area contributed by atoms with Crippen molar-refractivity contribution < 1.29 is 0 Å². The van der Waals surface area contributed by atoms with Crippen molar-refractivity contribution in [2.75, 3.05) is 0 Å². The van der Waals surface area contributed by atoms with E-state index in [9.17, 15) is 4.79 Å². The number of hydrogen-bond donors (Lipinski definition) is 2. The first kappa shape index (κ1) is 8.11. The predicted octanol–water partition coefficient (Wildman–Crippen LogP) is 1.29. The Balaban J connectivity index is 2.73. The summed E-state index contributed by atoms with van der Waals surface area (Å²) in [6.07, 6.45) is 2.62. The van der Waals surface area contributed by atoms with Crippen molar-refractivity contribution in [2.45, 2.75) is 27.2 Å². The predicted molar refractivity (Wildman–Crippen MR) is 44.6 cm³/mol. The van der Waals surface area contributed by atoms with Crippen molar-refractivity contribution in [3.63, 3.8) is 0 Å². The van der Waals surface area contributed by atoms with E-state index in [1.165, 1.54) is 0 Å². The van der Waals surface area contributed by atoms with Gasteiger partial charge >= 0.3 is 5.69 Å². The zero-order valence-electron chi connectivity index (χ0n) is 7.19. The molecular formula is C8H14N2O. The normalized spacial score (nSPS) is 11.9. The van der Waals surface area contributed by atoms with Crippen LogP contribution in [0.1, 0.15) is 26.5 Å². The molecule has 3 nitrogen and oxygen atoms in total. The van der Waals surface area contributed by atoms with E-state index in [2.05, 4.69) is 30.7 Å². The van der Waals surface area contributed by atoms with E-state index in [0.29, 0.717) is 0 Å². The average molecular weight is 154 g/mol. The number of aromatic nitrogens is 2. The van der Waals surface area contributed by atoms with Gasteiger partial charge in [0.2, 0.25) is 0 Å². The molecule has 2 N–H and O–H groups in total. The second-order valence-corrected chi connectivity index (χ2v) is 4.01. The highest BCUT2D eigenvalue weighted by atomic mass is 16.1. The molecule has 1 heterocycles. The topological polar surface area (TPSA) is 48.6 Å². The molecule has 62 valence electrons. The Morgan fingerprint density at radius 3 is 2.45 bits per heavy atom. The van der Waals surface area contributed by atoms with Crippen molar-refractivity contribution in [3.05, 3.63) is 22.4 Å². The van der Waals surface area contributed by atoms with Crippen molar-refractivity contribution >= 4 is 0 Å². The summed E-state index contributed by atoms with van der Waals surface area (Å²) in [5.74, 6) is 0. The quantitative estimate of drug-likeness (QED) is 0.629. The summed E-state index contributed by atoms with van der Waals surface area (Å²) < 4.78 is 0. The Kier molecular flexibility index (Phi) is 1.89. The van der Waals surface area contributed by atoms with Gasteiger partial charge in [-0.15, -0.1) is 0 Å². The number of H-pyrrole nitrogens is 2. The highest BCUT2D eigenvalue weighted by Gasteiger charge is 2.11. The lowest BCUT2D eigenvalue weighted by Crippen LogP contribution is -2.10. The van der Waals surface area contributed by atoms with Gasteiger partial charge in [-0.25, -0.2) is 4.79 Å². The summed E-state index contributed by atoms with van der Waals surface area (Å²) in [7, 11) is 0.